The van der Waals surface area contributed by atoms with E-state index < -0.39 is 0 Å². The van der Waals surface area contributed by atoms with Crippen LogP contribution in [0.5, 0.6) is 0 Å². The van der Waals surface area contributed by atoms with Crippen molar-refractivity contribution in [2.75, 3.05) is 0 Å². The summed E-state index contributed by atoms with van der Waals surface area (Å²) in [5, 5.41) is 0. The van der Waals surface area contributed by atoms with E-state index in [2.05, 4.69) is 20.4 Å². The molecule has 0 fully saturated rings. The third-order valence-corrected chi connectivity index (χ3v) is 1.97. The molecule has 0 aromatic rings. The maximum Gasteiger partial charge on any atom is 0.133 e. The maximum absolute atomic E-state index is 10.5. The molecule has 0 aromatic heterocycles. The minimum atomic E-state index is 0.0615. The highest BCUT2D eigenvalue weighted by atomic mass is 16.1. The van der Waals surface area contributed by atoms with Crippen molar-refractivity contribution in [1.82, 2.24) is 0 Å². The fourth-order valence-electron chi connectivity index (χ4n) is 1.22. The number of carbonyl (C=O) groups excluding carboxylic acids is 1. The van der Waals surface area contributed by atoms with Crippen molar-refractivity contribution in [3.8, 4) is 0 Å². The van der Waals surface area contributed by atoms with Gasteiger partial charge in [-0.2, -0.15) is 0 Å². The molecule has 1 nitrogen and oxygen atoms in total. The summed E-state index contributed by atoms with van der Waals surface area (Å²) in [4.78, 5) is 10.5. The molecule has 12 heavy (non-hydrogen) atoms. The van der Waals surface area contributed by atoms with Crippen LogP contribution in [0, 0.1) is 12.8 Å². The highest BCUT2D eigenvalue weighted by molar-refractivity contribution is 5.82. The summed E-state index contributed by atoms with van der Waals surface area (Å²) in [6.45, 7) is 9.25. The number of carbonyl (C=O) groups is 1. The Hall–Kier alpha value is -0.590. The van der Waals surface area contributed by atoms with Gasteiger partial charge in [-0.3, -0.25) is 4.79 Å². The van der Waals surface area contributed by atoms with Gasteiger partial charge < -0.3 is 0 Å². The van der Waals surface area contributed by atoms with Gasteiger partial charge in [-0.1, -0.05) is 25.8 Å². The van der Waals surface area contributed by atoms with Crippen molar-refractivity contribution in [2.45, 2.75) is 39.0 Å². The van der Waals surface area contributed by atoms with E-state index >= 15 is 0 Å². The minimum absolute atomic E-state index is 0.0615. The van der Waals surface area contributed by atoms with Crippen LogP contribution in [0.2, 0.25) is 0 Å². The SMILES string of the molecule is [CH2]C(=O)CCCC[C@@H](C)CC=C. The molecule has 0 amide bonds. The molecule has 0 saturated heterocycles. The number of rotatable bonds is 7. The first-order valence-electron chi connectivity index (χ1n) is 4.62. The van der Waals surface area contributed by atoms with E-state index in [1.807, 2.05) is 6.08 Å². The van der Waals surface area contributed by atoms with Crippen molar-refractivity contribution in [3.63, 3.8) is 0 Å². The first-order valence-corrected chi connectivity index (χ1v) is 4.62. The molecule has 0 heterocycles. The Morgan fingerprint density at radius 1 is 1.50 bits per heavy atom. The van der Waals surface area contributed by atoms with Crippen LogP contribution >= 0.6 is 0 Å². The summed E-state index contributed by atoms with van der Waals surface area (Å²) < 4.78 is 0. The molecular formula is C11H19O. The monoisotopic (exact) mass is 167 g/mol. The Labute approximate surface area is 75.9 Å². The van der Waals surface area contributed by atoms with Crippen molar-refractivity contribution in [1.29, 1.82) is 0 Å². The van der Waals surface area contributed by atoms with Crippen LogP contribution in [0.1, 0.15) is 39.0 Å². The van der Waals surface area contributed by atoms with Crippen LogP contribution in [-0.4, -0.2) is 5.78 Å². The second-order valence-electron chi connectivity index (χ2n) is 3.41. The van der Waals surface area contributed by atoms with Gasteiger partial charge in [0.2, 0.25) is 0 Å². The zero-order chi connectivity index (χ0) is 9.40. The molecule has 0 aliphatic heterocycles. The lowest BCUT2D eigenvalue weighted by atomic mass is 9.99. The number of hydrogen-bond acceptors (Lipinski definition) is 1. The Balaban J connectivity index is 3.18. The van der Waals surface area contributed by atoms with Crippen LogP contribution in [0.4, 0.5) is 0 Å². The third-order valence-electron chi connectivity index (χ3n) is 1.97. The number of unbranched alkanes of at least 4 members (excludes halogenated alkanes) is 1. The molecule has 0 aromatic carbocycles. The van der Waals surface area contributed by atoms with E-state index in [1.165, 1.54) is 6.42 Å². The topological polar surface area (TPSA) is 17.1 Å². The van der Waals surface area contributed by atoms with Gasteiger partial charge in [0.15, 0.2) is 0 Å². The Bertz CT molecular complexity index is 138. The molecule has 0 saturated carbocycles. The van der Waals surface area contributed by atoms with Crippen LogP contribution in [0.25, 0.3) is 0 Å². The predicted octanol–water partition coefficient (Wildman–Crippen LogP) is 3.16. The highest BCUT2D eigenvalue weighted by Gasteiger charge is 1.99. The third kappa shape index (κ3) is 7.52. The quantitative estimate of drug-likeness (QED) is 0.420. The second-order valence-corrected chi connectivity index (χ2v) is 3.41. The molecule has 0 spiro atoms. The molecule has 1 radical (unpaired) electrons. The number of allylic oxidation sites excluding steroid dienone is 1. The molecule has 0 bridgehead atoms. The fourth-order valence-corrected chi connectivity index (χ4v) is 1.22. The van der Waals surface area contributed by atoms with Gasteiger partial charge in [-0.05, 0) is 18.8 Å². The largest absolute Gasteiger partial charge is 0.300 e. The molecule has 0 aliphatic carbocycles. The van der Waals surface area contributed by atoms with Gasteiger partial charge in [0, 0.05) is 13.3 Å². The van der Waals surface area contributed by atoms with Gasteiger partial charge in [0.25, 0.3) is 0 Å². The average Bonchev–Trinajstić information content (AvgIpc) is 1.98. The summed E-state index contributed by atoms with van der Waals surface area (Å²) in [6, 6.07) is 0. The maximum atomic E-state index is 10.5. The highest BCUT2D eigenvalue weighted by Crippen LogP contribution is 2.12. The van der Waals surface area contributed by atoms with Crippen LogP contribution in [-0.2, 0) is 4.79 Å². The lowest BCUT2D eigenvalue weighted by Crippen LogP contribution is -1.94. The predicted molar refractivity (Wildman–Crippen MR) is 52.8 cm³/mol. The first-order chi connectivity index (χ1) is 5.66. The van der Waals surface area contributed by atoms with Crippen LogP contribution in [0.3, 0.4) is 0 Å². The Morgan fingerprint density at radius 2 is 2.17 bits per heavy atom. The standard InChI is InChI=1S/C11H19O/c1-4-7-10(2)8-5-6-9-11(3)12/h4,10H,1,3,5-9H2,2H3/t10-/m0/s1. The van der Waals surface area contributed by atoms with E-state index in [9.17, 15) is 4.79 Å². The number of ketones is 1. The van der Waals surface area contributed by atoms with Crippen molar-refractivity contribution < 1.29 is 4.79 Å². The van der Waals surface area contributed by atoms with E-state index in [0.717, 1.165) is 19.3 Å². The summed E-state index contributed by atoms with van der Waals surface area (Å²) in [6.07, 6.45) is 7.00. The Morgan fingerprint density at radius 3 is 2.67 bits per heavy atom. The Kier molecular flexibility index (Phi) is 6.73. The summed E-state index contributed by atoms with van der Waals surface area (Å²) in [5.41, 5.74) is 0. The molecule has 1 atom stereocenters. The first kappa shape index (κ1) is 11.4. The van der Waals surface area contributed by atoms with Crippen molar-refractivity contribution >= 4 is 5.78 Å². The van der Waals surface area contributed by atoms with Gasteiger partial charge in [-0.15, -0.1) is 6.58 Å². The lowest BCUT2D eigenvalue weighted by molar-refractivity contribution is -0.114. The van der Waals surface area contributed by atoms with Gasteiger partial charge in [-0.25, -0.2) is 0 Å². The van der Waals surface area contributed by atoms with Crippen molar-refractivity contribution in [3.05, 3.63) is 19.6 Å². The summed E-state index contributed by atoms with van der Waals surface area (Å²) in [7, 11) is 0. The molecule has 69 valence electrons. The molecule has 0 rings (SSSR count). The lowest BCUT2D eigenvalue weighted by Gasteiger charge is -2.06. The molecule has 0 unspecified atom stereocenters. The average molecular weight is 167 g/mol. The molecule has 0 aliphatic rings. The second kappa shape index (κ2) is 7.08. The van der Waals surface area contributed by atoms with Crippen LogP contribution < -0.4 is 0 Å². The number of Topliss-reactive ketones (excluding diaryl/α,β-unsaturated/α-hetero) is 1. The molecular weight excluding hydrogens is 148 g/mol. The fraction of sp³-hybridized carbons (Fsp3) is 0.636. The van der Waals surface area contributed by atoms with Crippen molar-refractivity contribution in [2.24, 2.45) is 5.92 Å². The summed E-state index contributed by atoms with van der Waals surface area (Å²) >= 11 is 0. The van der Waals surface area contributed by atoms with Gasteiger partial charge >= 0.3 is 0 Å². The molecule has 0 N–H and O–H groups in total. The molecule has 1 heteroatoms. The van der Waals surface area contributed by atoms with Crippen LogP contribution in [0.15, 0.2) is 12.7 Å². The minimum Gasteiger partial charge on any atom is -0.300 e. The van der Waals surface area contributed by atoms with E-state index in [1.54, 1.807) is 0 Å². The van der Waals surface area contributed by atoms with E-state index in [0.29, 0.717) is 12.3 Å². The van der Waals surface area contributed by atoms with E-state index in [4.69, 9.17) is 0 Å². The van der Waals surface area contributed by atoms with E-state index in [-0.39, 0.29) is 5.78 Å². The number of hydrogen-bond donors (Lipinski definition) is 0. The van der Waals surface area contributed by atoms with Gasteiger partial charge in [0.1, 0.15) is 5.78 Å². The zero-order valence-corrected chi connectivity index (χ0v) is 8.01. The summed E-state index contributed by atoms with van der Waals surface area (Å²) in [5.74, 6) is 0.772. The van der Waals surface area contributed by atoms with Gasteiger partial charge in [0.05, 0.1) is 0 Å². The zero-order valence-electron chi connectivity index (χ0n) is 8.01. The normalized spacial score (nSPS) is 12.5. The smallest absolute Gasteiger partial charge is 0.133 e.